The summed E-state index contributed by atoms with van der Waals surface area (Å²) in [7, 11) is 1.64. The second-order valence-corrected chi connectivity index (χ2v) is 5.41. The summed E-state index contributed by atoms with van der Waals surface area (Å²) in [5.74, 6) is 0. The Bertz CT molecular complexity index is 623. The smallest absolute Gasteiger partial charge is 0.259 e. The molecule has 2 rings (SSSR count). The van der Waals surface area contributed by atoms with Crippen LogP contribution in [0.5, 0.6) is 0 Å². The SMILES string of the molecule is COCCN(CCO)Cc1cc(=O)n2c(C)csc2n1. The molecule has 0 spiro atoms. The van der Waals surface area contributed by atoms with Crippen molar-refractivity contribution in [1.82, 2.24) is 14.3 Å². The van der Waals surface area contributed by atoms with Crippen LogP contribution in [-0.2, 0) is 11.3 Å². The third-order valence-corrected chi connectivity index (χ3v) is 3.99. The van der Waals surface area contributed by atoms with E-state index in [1.807, 2.05) is 17.2 Å². The van der Waals surface area contributed by atoms with Crippen LogP contribution >= 0.6 is 11.3 Å². The van der Waals surface area contributed by atoms with Gasteiger partial charge in [0.2, 0.25) is 0 Å². The Balaban J connectivity index is 2.21. The van der Waals surface area contributed by atoms with Crippen molar-refractivity contribution in [2.75, 3.05) is 33.4 Å². The van der Waals surface area contributed by atoms with Gasteiger partial charge in [-0.3, -0.25) is 14.1 Å². The first-order valence-electron chi connectivity index (χ1n) is 6.44. The molecule has 2 aromatic rings. The maximum absolute atomic E-state index is 12.1. The molecule has 6 nitrogen and oxygen atoms in total. The van der Waals surface area contributed by atoms with Crippen molar-refractivity contribution >= 4 is 16.3 Å². The summed E-state index contributed by atoms with van der Waals surface area (Å²) in [6.45, 7) is 4.31. The van der Waals surface area contributed by atoms with Crippen LogP contribution in [-0.4, -0.2) is 52.8 Å². The average Bonchev–Trinajstić information content (AvgIpc) is 2.78. The molecule has 2 heterocycles. The molecular formula is C13H19N3O3S. The number of thiazole rings is 1. The first-order valence-corrected chi connectivity index (χ1v) is 7.32. The number of hydrogen-bond donors (Lipinski definition) is 1. The third kappa shape index (κ3) is 3.43. The summed E-state index contributed by atoms with van der Waals surface area (Å²) in [5, 5.41) is 11.0. The zero-order valence-electron chi connectivity index (χ0n) is 11.7. The van der Waals surface area contributed by atoms with Crippen LogP contribution in [0.2, 0.25) is 0 Å². The molecule has 0 unspecified atom stereocenters. The van der Waals surface area contributed by atoms with Gasteiger partial charge < -0.3 is 9.84 Å². The number of fused-ring (bicyclic) bond motifs is 1. The molecule has 0 bridgehead atoms. The highest BCUT2D eigenvalue weighted by Crippen LogP contribution is 2.12. The number of ether oxygens (including phenoxy) is 1. The summed E-state index contributed by atoms with van der Waals surface area (Å²) in [6, 6.07) is 1.56. The fraction of sp³-hybridized carbons (Fsp3) is 0.538. The molecule has 110 valence electrons. The Morgan fingerprint density at radius 1 is 1.50 bits per heavy atom. The second kappa shape index (κ2) is 6.94. The molecule has 1 N–H and O–H groups in total. The molecule has 20 heavy (non-hydrogen) atoms. The molecule has 0 aliphatic carbocycles. The maximum atomic E-state index is 12.1. The first-order chi connectivity index (χ1) is 9.65. The molecule has 0 amide bonds. The quantitative estimate of drug-likeness (QED) is 0.806. The monoisotopic (exact) mass is 297 g/mol. The van der Waals surface area contributed by atoms with E-state index in [2.05, 4.69) is 4.98 Å². The van der Waals surface area contributed by atoms with Crippen molar-refractivity contribution in [3.8, 4) is 0 Å². The summed E-state index contributed by atoms with van der Waals surface area (Å²) >= 11 is 1.46. The van der Waals surface area contributed by atoms with Gasteiger partial charge in [0.1, 0.15) is 0 Å². The number of nitrogens with zero attached hydrogens (tertiary/aromatic N) is 3. The zero-order chi connectivity index (χ0) is 14.5. The van der Waals surface area contributed by atoms with E-state index in [9.17, 15) is 4.79 Å². The van der Waals surface area contributed by atoms with Crippen LogP contribution < -0.4 is 5.56 Å². The predicted molar refractivity (Wildman–Crippen MR) is 78.3 cm³/mol. The van der Waals surface area contributed by atoms with Crippen LogP contribution in [0.1, 0.15) is 11.4 Å². The van der Waals surface area contributed by atoms with Crippen molar-refractivity contribution in [3.05, 3.63) is 33.2 Å². The van der Waals surface area contributed by atoms with Gasteiger partial charge >= 0.3 is 0 Å². The molecule has 2 aromatic heterocycles. The van der Waals surface area contributed by atoms with Crippen LogP contribution in [0, 0.1) is 6.92 Å². The number of aryl methyl sites for hydroxylation is 1. The fourth-order valence-corrected chi connectivity index (χ4v) is 2.93. The molecule has 0 atom stereocenters. The number of hydrogen-bond acceptors (Lipinski definition) is 6. The summed E-state index contributed by atoms with van der Waals surface area (Å²) in [6.07, 6.45) is 0. The highest BCUT2D eigenvalue weighted by Gasteiger charge is 2.10. The molecule has 0 radical (unpaired) electrons. The largest absolute Gasteiger partial charge is 0.395 e. The van der Waals surface area contributed by atoms with Crippen molar-refractivity contribution in [1.29, 1.82) is 0 Å². The molecular weight excluding hydrogens is 278 g/mol. The Hall–Kier alpha value is -1.28. The molecule has 0 fully saturated rings. The van der Waals surface area contributed by atoms with Gasteiger partial charge in [-0.15, -0.1) is 11.3 Å². The van der Waals surface area contributed by atoms with Crippen LogP contribution in [0.15, 0.2) is 16.2 Å². The van der Waals surface area contributed by atoms with Gasteiger partial charge in [-0.2, -0.15) is 0 Å². The van der Waals surface area contributed by atoms with Gasteiger partial charge in [-0.25, -0.2) is 4.98 Å². The zero-order valence-corrected chi connectivity index (χ0v) is 12.5. The van der Waals surface area contributed by atoms with Crippen molar-refractivity contribution in [3.63, 3.8) is 0 Å². The second-order valence-electron chi connectivity index (χ2n) is 4.57. The minimum Gasteiger partial charge on any atom is -0.395 e. The summed E-state index contributed by atoms with van der Waals surface area (Å²) < 4.78 is 6.66. The number of aromatic nitrogens is 2. The summed E-state index contributed by atoms with van der Waals surface area (Å²) in [5.41, 5.74) is 1.57. The van der Waals surface area contributed by atoms with Crippen molar-refractivity contribution in [2.45, 2.75) is 13.5 Å². The number of methoxy groups -OCH3 is 1. The highest BCUT2D eigenvalue weighted by molar-refractivity contribution is 7.15. The van der Waals surface area contributed by atoms with E-state index in [1.165, 1.54) is 11.3 Å². The van der Waals surface area contributed by atoms with Gasteiger partial charge in [0.25, 0.3) is 5.56 Å². The van der Waals surface area contributed by atoms with E-state index >= 15 is 0 Å². The normalized spacial score (nSPS) is 11.6. The van der Waals surface area contributed by atoms with E-state index in [4.69, 9.17) is 9.84 Å². The van der Waals surface area contributed by atoms with E-state index < -0.39 is 0 Å². The highest BCUT2D eigenvalue weighted by atomic mass is 32.1. The minimum atomic E-state index is -0.0561. The lowest BCUT2D eigenvalue weighted by molar-refractivity contribution is 0.126. The predicted octanol–water partition coefficient (Wildman–Crippen LogP) is 0.505. The lowest BCUT2D eigenvalue weighted by Gasteiger charge is -2.20. The lowest BCUT2D eigenvalue weighted by Crippen LogP contribution is -2.31. The van der Waals surface area contributed by atoms with E-state index in [1.54, 1.807) is 17.6 Å². The topological polar surface area (TPSA) is 67.1 Å². The fourth-order valence-electron chi connectivity index (χ4n) is 2.04. The van der Waals surface area contributed by atoms with Gasteiger partial charge in [-0.1, -0.05) is 0 Å². The van der Waals surface area contributed by atoms with Gasteiger partial charge in [0.05, 0.1) is 18.9 Å². The average molecular weight is 297 g/mol. The van der Waals surface area contributed by atoms with Crippen LogP contribution in [0.25, 0.3) is 4.96 Å². The van der Waals surface area contributed by atoms with Crippen molar-refractivity contribution in [2.24, 2.45) is 0 Å². The van der Waals surface area contributed by atoms with Crippen LogP contribution in [0.4, 0.5) is 0 Å². The Labute approximate surface area is 121 Å². The minimum absolute atomic E-state index is 0.0561. The standard InChI is InChI=1S/C13H19N3O3S/c1-10-9-20-13-14-11(7-12(18)16(10)13)8-15(3-5-17)4-6-19-2/h7,9,17H,3-6,8H2,1-2H3. The third-order valence-electron chi connectivity index (χ3n) is 3.04. The van der Waals surface area contributed by atoms with Gasteiger partial charge in [0.15, 0.2) is 4.96 Å². The first kappa shape index (κ1) is 15.1. The molecule has 0 aliphatic heterocycles. The molecule has 7 heteroatoms. The summed E-state index contributed by atoms with van der Waals surface area (Å²) in [4.78, 5) is 19.3. The number of aliphatic hydroxyl groups excluding tert-OH is 1. The number of rotatable bonds is 7. The van der Waals surface area contributed by atoms with E-state index in [0.29, 0.717) is 31.2 Å². The molecule has 0 aliphatic rings. The van der Waals surface area contributed by atoms with Gasteiger partial charge in [0, 0.05) is 43.9 Å². The molecule has 0 saturated heterocycles. The lowest BCUT2D eigenvalue weighted by atomic mass is 10.3. The Morgan fingerprint density at radius 2 is 2.30 bits per heavy atom. The Morgan fingerprint density at radius 3 is 3.00 bits per heavy atom. The Kier molecular flexibility index (Phi) is 5.24. The van der Waals surface area contributed by atoms with Gasteiger partial charge in [-0.05, 0) is 6.92 Å². The van der Waals surface area contributed by atoms with E-state index in [-0.39, 0.29) is 12.2 Å². The van der Waals surface area contributed by atoms with Crippen LogP contribution in [0.3, 0.4) is 0 Å². The molecule has 0 saturated carbocycles. The molecule has 0 aromatic carbocycles. The van der Waals surface area contributed by atoms with E-state index in [0.717, 1.165) is 11.4 Å². The maximum Gasteiger partial charge on any atom is 0.259 e. The number of aliphatic hydroxyl groups is 1. The van der Waals surface area contributed by atoms with Crippen molar-refractivity contribution < 1.29 is 9.84 Å².